The third-order valence-corrected chi connectivity index (χ3v) is 4.81. The van der Waals surface area contributed by atoms with Crippen LogP contribution < -0.4 is 0 Å². The fourth-order valence-corrected chi connectivity index (χ4v) is 4.27. The minimum atomic E-state index is 0.425. The lowest BCUT2D eigenvalue weighted by Gasteiger charge is -2.41. The Hall–Kier alpha value is 0. The second-order valence-corrected chi connectivity index (χ2v) is 10.6. The zero-order valence-corrected chi connectivity index (χ0v) is 16.4. The van der Waals surface area contributed by atoms with Crippen LogP contribution in [0.1, 0.15) is 95.4 Å². The van der Waals surface area contributed by atoms with Crippen molar-refractivity contribution in [3.8, 4) is 0 Å². The topological polar surface area (TPSA) is 0 Å². The van der Waals surface area contributed by atoms with Crippen molar-refractivity contribution in [1.82, 2.24) is 0 Å². The molecular weight excluding hydrogens is 240 g/mol. The summed E-state index contributed by atoms with van der Waals surface area (Å²) < 4.78 is 0. The zero-order valence-electron chi connectivity index (χ0n) is 16.4. The molecule has 0 aliphatic heterocycles. The third kappa shape index (κ3) is 8.32. The monoisotopic (exact) mass is 282 g/mol. The molecule has 20 heavy (non-hydrogen) atoms. The summed E-state index contributed by atoms with van der Waals surface area (Å²) in [6.07, 6.45) is 4.01. The summed E-state index contributed by atoms with van der Waals surface area (Å²) in [6.45, 7) is 26.5. The normalized spacial score (nSPS) is 18.8. The van der Waals surface area contributed by atoms with Crippen molar-refractivity contribution in [1.29, 1.82) is 0 Å². The summed E-state index contributed by atoms with van der Waals surface area (Å²) in [5.74, 6) is 2.42. The smallest absolute Gasteiger partial charge is 0.0321 e. The lowest BCUT2D eigenvalue weighted by Crippen LogP contribution is -2.32. The number of hydrogen-bond acceptors (Lipinski definition) is 0. The van der Waals surface area contributed by atoms with Crippen LogP contribution in [0.5, 0.6) is 0 Å². The standard InChI is InChI=1S/C20H42/c1-15(13-18(4,5)6)12-16(2)17(3)20(10,11)14-19(7,8)9/h15-17H,12-14H2,1-11H3. The number of rotatable bonds is 6. The van der Waals surface area contributed by atoms with E-state index < -0.39 is 0 Å². The van der Waals surface area contributed by atoms with Gasteiger partial charge in [-0.1, -0.05) is 76.2 Å². The zero-order chi connectivity index (χ0) is 16.4. The molecule has 0 amide bonds. The van der Waals surface area contributed by atoms with Crippen LogP contribution in [-0.2, 0) is 0 Å². The predicted molar refractivity (Wildman–Crippen MR) is 94.0 cm³/mol. The minimum absolute atomic E-state index is 0.425. The van der Waals surface area contributed by atoms with Gasteiger partial charge in [0.2, 0.25) is 0 Å². The van der Waals surface area contributed by atoms with E-state index in [0.717, 1.165) is 17.8 Å². The molecule has 0 aliphatic rings. The summed E-state index contributed by atoms with van der Waals surface area (Å²) >= 11 is 0. The molecule has 3 unspecified atom stereocenters. The van der Waals surface area contributed by atoms with Crippen LogP contribution in [0.15, 0.2) is 0 Å². The molecule has 0 bridgehead atoms. The first-order valence-electron chi connectivity index (χ1n) is 8.64. The van der Waals surface area contributed by atoms with Gasteiger partial charge in [-0.05, 0) is 53.3 Å². The fourth-order valence-electron chi connectivity index (χ4n) is 4.27. The van der Waals surface area contributed by atoms with Crippen LogP contribution in [-0.4, -0.2) is 0 Å². The second kappa shape index (κ2) is 6.84. The fraction of sp³-hybridized carbons (Fsp3) is 1.00. The molecule has 0 aromatic rings. The summed E-state index contributed by atoms with van der Waals surface area (Å²) in [5, 5.41) is 0. The van der Waals surface area contributed by atoms with Crippen molar-refractivity contribution in [2.75, 3.05) is 0 Å². The van der Waals surface area contributed by atoms with Crippen molar-refractivity contribution in [3.63, 3.8) is 0 Å². The van der Waals surface area contributed by atoms with E-state index in [1.165, 1.54) is 19.3 Å². The molecule has 0 fully saturated rings. The average Bonchev–Trinajstić information content (AvgIpc) is 2.08. The van der Waals surface area contributed by atoms with Crippen LogP contribution in [0, 0.1) is 34.0 Å². The molecule has 0 saturated heterocycles. The summed E-state index contributed by atoms with van der Waals surface area (Å²) in [7, 11) is 0. The highest BCUT2D eigenvalue weighted by Crippen LogP contribution is 2.43. The SMILES string of the molecule is CC(CC(C)C(C)C(C)(C)CC(C)(C)C)CC(C)(C)C. The Morgan fingerprint density at radius 2 is 1.15 bits per heavy atom. The maximum atomic E-state index is 2.47. The van der Waals surface area contributed by atoms with Gasteiger partial charge in [0, 0.05) is 0 Å². The van der Waals surface area contributed by atoms with Crippen molar-refractivity contribution >= 4 is 0 Å². The van der Waals surface area contributed by atoms with E-state index in [0.29, 0.717) is 16.2 Å². The Morgan fingerprint density at radius 3 is 1.50 bits per heavy atom. The first-order chi connectivity index (χ1) is 8.64. The largest absolute Gasteiger partial charge is 0.0625 e. The Bertz CT molecular complexity index is 271. The van der Waals surface area contributed by atoms with Crippen LogP contribution in [0.4, 0.5) is 0 Å². The maximum absolute atomic E-state index is 2.47. The molecule has 0 radical (unpaired) electrons. The van der Waals surface area contributed by atoms with Crippen LogP contribution in [0.3, 0.4) is 0 Å². The number of hydrogen-bond donors (Lipinski definition) is 0. The lowest BCUT2D eigenvalue weighted by atomic mass is 9.64. The van der Waals surface area contributed by atoms with Crippen molar-refractivity contribution in [2.45, 2.75) is 95.4 Å². The molecule has 0 heteroatoms. The molecule has 0 heterocycles. The minimum Gasteiger partial charge on any atom is -0.0625 e. The molecule has 3 atom stereocenters. The Balaban J connectivity index is 4.57. The molecule has 0 aromatic heterocycles. The van der Waals surface area contributed by atoms with Gasteiger partial charge in [0.1, 0.15) is 0 Å². The predicted octanol–water partition coefficient (Wildman–Crippen LogP) is 7.18. The Kier molecular flexibility index (Phi) is 6.84. The lowest BCUT2D eigenvalue weighted by molar-refractivity contribution is 0.0897. The van der Waals surface area contributed by atoms with E-state index in [1.807, 2.05) is 0 Å². The highest BCUT2D eigenvalue weighted by atomic mass is 14.4. The Labute approximate surface area is 130 Å². The van der Waals surface area contributed by atoms with Gasteiger partial charge in [0.15, 0.2) is 0 Å². The van der Waals surface area contributed by atoms with Crippen LogP contribution in [0.2, 0.25) is 0 Å². The Morgan fingerprint density at radius 1 is 0.700 bits per heavy atom. The molecule has 0 aliphatic carbocycles. The van der Waals surface area contributed by atoms with E-state index in [-0.39, 0.29) is 0 Å². The average molecular weight is 283 g/mol. The quantitative estimate of drug-likeness (QED) is 0.484. The first-order valence-corrected chi connectivity index (χ1v) is 8.64. The van der Waals surface area contributed by atoms with E-state index in [1.54, 1.807) is 0 Å². The van der Waals surface area contributed by atoms with Gasteiger partial charge in [-0.3, -0.25) is 0 Å². The van der Waals surface area contributed by atoms with Gasteiger partial charge >= 0.3 is 0 Å². The van der Waals surface area contributed by atoms with E-state index in [2.05, 4.69) is 76.2 Å². The maximum Gasteiger partial charge on any atom is -0.0321 e. The van der Waals surface area contributed by atoms with E-state index >= 15 is 0 Å². The first kappa shape index (κ1) is 20.0. The molecule has 0 spiro atoms. The van der Waals surface area contributed by atoms with Gasteiger partial charge < -0.3 is 0 Å². The van der Waals surface area contributed by atoms with Crippen LogP contribution >= 0.6 is 0 Å². The summed E-state index contributed by atoms with van der Waals surface area (Å²) in [5.41, 5.74) is 1.32. The third-order valence-electron chi connectivity index (χ3n) is 4.81. The van der Waals surface area contributed by atoms with E-state index in [9.17, 15) is 0 Å². The molecular formula is C20H42. The van der Waals surface area contributed by atoms with E-state index in [4.69, 9.17) is 0 Å². The molecule has 0 aromatic carbocycles. The highest BCUT2D eigenvalue weighted by Gasteiger charge is 2.34. The molecule has 0 rings (SSSR count). The van der Waals surface area contributed by atoms with Gasteiger partial charge in [0.25, 0.3) is 0 Å². The summed E-state index contributed by atoms with van der Waals surface area (Å²) in [6, 6.07) is 0. The van der Waals surface area contributed by atoms with Crippen molar-refractivity contribution in [2.24, 2.45) is 34.0 Å². The van der Waals surface area contributed by atoms with Gasteiger partial charge in [0.05, 0.1) is 0 Å². The van der Waals surface area contributed by atoms with Crippen molar-refractivity contribution in [3.05, 3.63) is 0 Å². The summed E-state index contributed by atoms with van der Waals surface area (Å²) in [4.78, 5) is 0. The van der Waals surface area contributed by atoms with Gasteiger partial charge in [-0.25, -0.2) is 0 Å². The van der Waals surface area contributed by atoms with Gasteiger partial charge in [-0.15, -0.1) is 0 Å². The molecule has 0 N–H and O–H groups in total. The van der Waals surface area contributed by atoms with Crippen LogP contribution in [0.25, 0.3) is 0 Å². The van der Waals surface area contributed by atoms with Gasteiger partial charge in [-0.2, -0.15) is 0 Å². The molecule has 0 saturated carbocycles. The highest BCUT2D eigenvalue weighted by molar-refractivity contribution is 4.84. The molecule has 122 valence electrons. The second-order valence-electron chi connectivity index (χ2n) is 10.6. The van der Waals surface area contributed by atoms with Crippen molar-refractivity contribution < 1.29 is 0 Å². The molecule has 0 nitrogen and oxygen atoms in total.